The molecule has 0 saturated carbocycles. The van der Waals surface area contributed by atoms with Crippen molar-refractivity contribution in [2.75, 3.05) is 4.72 Å². The second-order valence-corrected chi connectivity index (χ2v) is 8.27. The van der Waals surface area contributed by atoms with Gasteiger partial charge in [-0.25, -0.2) is 13.1 Å². The third kappa shape index (κ3) is 3.77. The van der Waals surface area contributed by atoms with Gasteiger partial charge in [-0.1, -0.05) is 53.7 Å². The lowest BCUT2D eigenvalue weighted by Crippen LogP contribution is -2.14. The predicted octanol–water partition coefficient (Wildman–Crippen LogP) is 4.82. The molecule has 146 valence electrons. The lowest BCUT2D eigenvalue weighted by Gasteiger charge is -2.13. The minimum atomic E-state index is -3.94. The number of sulfonamides is 1. The Kier molecular flexibility index (Phi) is 4.90. The Bertz CT molecular complexity index is 1250. The monoisotopic (exact) mass is 405 g/mol. The number of hydrogen-bond donors (Lipinski definition) is 1. The van der Waals surface area contributed by atoms with E-state index in [2.05, 4.69) is 14.9 Å². The first-order valence-electron chi connectivity index (χ1n) is 9.02. The number of pyridine rings is 1. The fourth-order valence-corrected chi connectivity index (χ4v) is 4.28. The molecule has 0 aliphatic rings. The lowest BCUT2D eigenvalue weighted by atomic mass is 10.0. The van der Waals surface area contributed by atoms with Gasteiger partial charge in [0, 0.05) is 22.9 Å². The van der Waals surface area contributed by atoms with Gasteiger partial charge in [0.15, 0.2) is 0 Å². The Hall–Kier alpha value is -3.45. The number of nitrogens with zero attached hydrogens (tertiary/aromatic N) is 2. The Morgan fingerprint density at radius 3 is 2.31 bits per heavy atom. The Morgan fingerprint density at radius 1 is 0.897 bits per heavy atom. The van der Waals surface area contributed by atoms with Crippen LogP contribution in [0, 0.1) is 13.8 Å². The largest absolute Gasteiger partial charge is 0.337 e. The lowest BCUT2D eigenvalue weighted by molar-refractivity contribution is 0.430. The van der Waals surface area contributed by atoms with E-state index in [4.69, 9.17) is 4.52 Å². The van der Waals surface area contributed by atoms with Gasteiger partial charge in [-0.15, -0.1) is 0 Å². The summed E-state index contributed by atoms with van der Waals surface area (Å²) in [7, 11) is -3.94. The molecule has 0 saturated heterocycles. The molecule has 0 spiro atoms. The molecule has 0 radical (unpaired) electrons. The molecular weight excluding hydrogens is 386 g/mol. The third-order valence-corrected chi connectivity index (χ3v) is 6.07. The average Bonchev–Trinajstić information content (AvgIpc) is 3.06. The Morgan fingerprint density at radius 2 is 1.66 bits per heavy atom. The van der Waals surface area contributed by atoms with E-state index < -0.39 is 10.0 Å². The summed E-state index contributed by atoms with van der Waals surface area (Å²) in [6.07, 6.45) is 1.67. The molecule has 0 amide bonds. The van der Waals surface area contributed by atoms with Crippen LogP contribution in [0.5, 0.6) is 0 Å². The van der Waals surface area contributed by atoms with Gasteiger partial charge in [-0.05, 0) is 37.6 Å². The minimum Gasteiger partial charge on any atom is -0.337 e. The van der Waals surface area contributed by atoms with Crippen molar-refractivity contribution in [3.05, 3.63) is 84.2 Å². The van der Waals surface area contributed by atoms with Crippen molar-refractivity contribution in [3.63, 3.8) is 0 Å². The summed E-state index contributed by atoms with van der Waals surface area (Å²) in [4.78, 5) is 4.47. The van der Waals surface area contributed by atoms with E-state index >= 15 is 0 Å². The van der Waals surface area contributed by atoms with Gasteiger partial charge in [0.1, 0.15) is 0 Å². The van der Waals surface area contributed by atoms with Crippen molar-refractivity contribution in [3.8, 4) is 22.4 Å². The minimum absolute atomic E-state index is 0.116. The van der Waals surface area contributed by atoms with Crippen LogP contribution in [-0.2, 0) is 10.0 Å². The summed E-state index contributed by atoms with van der Waals surface area (Å²) in [6.45, 7) is 3.51. The Balaban J connectivity index is 1.87. The molecule has 1 N–H and O–H groups in total. The number of anilines is 1. The van der Waals surface area contributed by atoms with E-state index in [1.54, 1.807) is 32.2 Å². The molecular formula is C22H19N3O3S. The van der Waals surface area contributed by atoms with Crippen molar-refractivity contribution in [2.45, 2.75) is 18.7 Å². The summed E-state index contributed by atoms with van der Waals surface area (Å²) >= 11 is 0. The van der Waals surface area contributed by atoms with Crippen LogP contribution in [0.25, 0.3) is 22.4 Å². The number of aryl methyl sites for hydroxylation is 1. The molecule has 0 aliphatic carbocycles. The molecule has 0 atom stereocenters. The Labute approximate surface area is 169 Å². The second-order valence-electron chi connectivity index (χ2n) is 6.62. The molecule has 2 heterocycles. The highest BCUT2D eigenvalue weighted by molar-refractivity contribution is 7.92. The van der Waals surface area contributed by atoms with Crippen molar-refractivity contribution >= 4 is 15.9 Å². The number of aromatic nitrogens is 2. The van der Waals surface area contributed by atoms with Gasteiger partial charge >= 0.3 is 0 Å². The summed E-state index contributed by atoms with van der Waals surface area (Å²) < 4.78 is 34.3. The zero-order valence-corrected chi connectivity index (χ0v) is 16.8. The van der Waals surface area contributed by atoms with Gasteiger partial charge in [-0.3, -0.25) is 4.98 Å². The van der Waals surface area contributed by atoms with Crippen LogP contribution in [0.4, 0.5) is 5.88 Å². The van der Waals surface area contributed by atoms with Gasteiger partial charge in [0.2, 0.25) is 5.88 Å². The van der Waals surface area contributed by atoms with Gasteiger partial charge in [0.25, 0.3) is 10.0 Å². The van der Waals surface area contributed by atoms with E-state index in [0.29, 0.717) is 28.1 Å². The first kappa shape index (κ1) is 18.9. The predicted molar refractivity (Wildman–Crippen MR) is 112 cm³/mol. The molecule has 0 fully saturated rings. The molecule has 0 aliphatic heterocycles. The van der Waals surface area contributed by atoms with Crippen LogP contribution < -0.4 is 4.72 Å². The van der Waals surface area contributed by atoms with E-state index in [-0.39, 0.29) is 10.8 Å². The summed E-state index contributed by atoms with van der Waals surface area (Å²) in [6, 6.07) is 20.2. The molecule has 4 rings (SSSR count). The van der Waals surface area contributed by atoms with Gasteiger partial charge < -0.3 is 4.52 Å². The van der Waals surface area contributed by atoms with Crippen molar-refractivity contribution in [2.24, 2.45) is 0 Å². The highest BCUT2D eigenvalue weighted by Crippen LogP contribution is 2.33. The summed E-state index contributed by atoms with van der Waals surface area (Å²) in [5.41, 5.74) is 4.06. The van der Waals surface area contributed by atoms with Crippen LogP contribution in [0.1, 0.15) is 11.3 Å². The maximum atomic E-state index is 13.3. The van der Waals surface area contributed by atoms with Gasteiger partial charge in [0.05, 0.1) is 16.3 Å². The average molecular weight is 405 g/mol. The number of benzene rings is 2. The van der Waals surface area contributed by atoms with Crippen LogP contribution in [0.15, 0.2) is 82.3 Å². The van der Waals surface area contributed by atoms with Crippen molar-refractivity contribution < 1.29 is 12.9 Å². The smallest absolute Gasteiger partial charge is 0.264 e. The fourth-order valence-electron chi connectivity index (χ4n) is 2.98. The fraction of sp³-hybridized carbons (Fsp3) is 0.0909. The standard InChI is InChI=1S/C22H19N3O3S/c1-15-16(2)24-28-22(15)25-29(26,27)21-14-18(20-10-6-7-13-23-20)11-12-19(21)17-8-4-3-5-9-17/h3-14,25H,1-2H3. The van der Waals surface area contributed by atoms with Crippen LogP contribution in [0.2, 0.25) is 0 Å². The molecule has 2 aromatic carbocycles. The molecule has 0 unspecified atom stereocenters. The maximum Gasteiger partial charge on any atom is 0.264 e. The zero-order valence-electron chi connectivity index (χ0n) is 16.0. The highest BCUT2D eigenvalue weighted by atomic mass is 32.2. The topological polar surface area (TPSA) is 85.1 Å². The van der Waals surface area contributed by atoms with E-state index in [9.17, 15) is 8.42 Å². The van der Waals surface area contributed by atoms with Crippen LogP contribution >= 0.6 is 0 Å². The quantitative estimate of drug-likeness (QED) is 0.514. The molecule has 0 bridgehead atoms. The van der Waals surface area contributed by atoms with Crippen LogP contribution in [-0.4, -0.2) is 18.6 Å². The maximum absolute atomic E-state index is 13.3. The van der Waals surface area contributed by atoms with Crippen molar-refractivity contribution in [1.82, 2.24) is 10.1 Å². The molecule has 4 aromatic rings. The summed E-state index contributed by atoms with van der Waals surface area (Å²) in [5, 5.41) is 3.83. The second kappa shape index (κ2) is 7.52. The number of hydrogen-bond acceptors (Lipinski definition) is 5. The molecule has 7 heteroatoms. The normalized spacial score (nSPS) is 11.4. The SMILES string of the molecule is Cc1noc(NS(=O)(=O)c2cc(-c3ccccn3)ccc2-c2ccccc2)c1C. The molecule has 6 nitrogen and oxygen atoms in total. The van der Waals surface area contributed by atoms with E-state index in [1.165, 1.54) is 0 Å². The molecule has 29 heavy (non-hydrogen) atoms. The van der Waals surface area contributed by atoms with Crippen LogP contribution in [0.3, 0.4) is 0 Å². The highest BCUT2D eigenvalue weighted by Gasteiger charge is 2.24. The zero-order chi connectivity index (χ0) is 20.4. The summed E-state index contributed by atoms with van der Waals surface area (Å²) in [5.74, 6) is 0.116. The van der Waals surface area contributed by atoms with E-state index in [1.807, 2.05) is 54.6 Å². The van der Waals surface area contributed by atoms with Gasteiger partial charge in [-0.2, -0.15) is 0 Å². The van der Waals surface area contributed by atoms with E-state index in [0.717, 1.165) is 5.56 Å². The van der Waals surface area contributed by atoms with Crippen molar-refractivity contribution in [1.29, 1.82) is 0 Å². The third-order valence-electron chi connectivity index (χ3n) is 4.70. The number of nitrogens with one attached hydrogen (secondary N) is 1. The molecule has 2 aromatic heterocycles. The first-order valence-corrected chi connectivity index (χ1v) is 10.5. The first-order chi connectivity index (χ1) is 14.0. The number of rotatable bonds is 5.